The van der Waals surface area contributed by atoms with E-state index in [-0.39, 0.29) is 0 Å². The minimum absolute atomic E-state index is 0.335. The van der Waals surface area contributed by atoms with Crippen molar-refractivity contribution >= 4 is 11.5 Å². The fourth-order valence-electron chi connectivity index (χ4n) is 2.50. The molecule has 6 nitrogen and oxygen atoms in total. The topological polar surface area (TPSA) is 69.2 Å². The number of aryl methyl sites for hydroxylation is 1. The molecule has 3 heterocycles. The number of anilines is 2. The molecule has 0 saturated carbocycles. The average molecular weight is 273 g/mol. The van der Waals surface area contributed by atoms with Crippen LogP contribution in [0.4, 0.5) is 11.5 Å². The van der Waals surface area contributed by atoms with E-state index in [0.717, 1.165) is 36.8 Å². The first-order valence-electron chi connectivity index (χ1n) is 6.75. The lowest BCUT2D eigenvalue weighted by Crippen LogP contribution is -2.43. The SMILES string of the molecule is CC1COCCN1c1cc(N)nc(-c2ccn(C)n2)c1. The third-order valence-electron chi connectivity index (χ3n) is 3.51. The molecule has 1 saturated heterocycles. The van der Waals surface area contributed by atoms with E-state index in [9.17, 15) is 0 Å². The third kappa shape index (κ3) is 2.46. The van der Waals surface area contributed by atoms with E-state index < -0.39 is 0 Å². The quantitative estimate of drug-likeness (QED) is 0.893. The van der Waals surface area contributed by atoms with Gasteiger partial charge in [-0.15, -0.1) is 0 Å². The molecule has 2 aromatic heterocycles. The van der Waals surface area contributed by atoms with Gasteiger partial charge in [0.2, 0.25) is 0 Å². The van der Waals surface area contributed by atoms with Crippen molar-refractivity contribution < 1.29 is 4.74 Å². The molecule has 1 fully saturated rings. The maximum absolute atomic E-state index is 5.95. The Balaban J connectivity index is 1.98. The molecule has 106 valence electrons. The summed E-state index contributed by atoms with van der Waals surface area (Å²) in [6.07, 6.45) is 1.90. The second-order valence-corrected chi connectivity index (χ2v) is 5.13. The van der Waals surface area contributed by atoms with Crippen LogP contribution in [0.2, 0.25) is 0 Å². The summed E-state index contributed by atoms with van der Waals surface area (Å²) in [4.78, 5) is 6.68. The number of nitrogens with zero attached hydrogens (tertiary/aromatic N) is 4. The number of ether oxygens (including phenoxy) is 1. The van der Waals surface area contributed by atoms with Gasteiger partial charge in [-0.25, -0.2) is 4.98 Å². The van der Waals surface area contributed by atoms with Gasteiger partial charge in [-0.3, -0.25) is 4.68 Å². The van der Waals surface area contributed by atoms with Gasteiger partial charge in [0.25, 0.3) is 0 Å². The molecular formula is C14H19N5O. The lowest BCUT2D eigenvalue weighted by molar-refractivity contribution is 0.0989. The Labute approximate surface area is 118 Å². The van der Waals surface area contributed by atoms with Gasteiger partial charge in [0.05, 0.1) is 18.9 Å². The number of nitrogens with two attached hydrogens (primary N) is 1. The summed E-state index contributed by atoms with van der Waals surface area (Å²) < 4.78 is 7.24. The summed E-state index contributed by atoms with van der Waals surface area (Å²) in [6, 6.07) is 6.23. The first-order valence-corrected chi connectivity index (χ1v) is 6.75. The first kappa shape index (κ1) is 12.9. The normalized spacial score (nSPS) is 19.3. The molecule has 2 N–H and O–H groups in total. The highest BCUT2D eigenvalue weighted by molar-refractivity contribution is 5.65. The highest BCUT2D eigenvalue weighted by Gasteiger charge is 2.20. The predicted octanol–water partition coefficient (Wildman–Crippen LogP) is 1.29. The van der Waals surface area contributed by atoms with E-state index in [1.165, 1.54) is 0 Å². The lowest BCUT2D eigenvalue weighted by atomic mass is 10.2. The predicted molar refractivity (Wildman–Crippen MR) is 78.5 cm³/mol. The summed E-state index contributed by atoms with van der Waals surface area (Å²) >= 11 is 0. The van der Waals surface area contributed by atoms with Crippen LogP contribution in [-0.4, -0.2) is 40.6 Å². The Hall–Kier alpha value is -2.08. The summed E-state index contributed by atoms with van der Waals surface area (Å²) in [5, 5.41) is 4.38. The number of rotatable bonds is 2. The second kappa shape index (κ2) is 5.13. The van der Waals surface area contributed by atoms with E-state index in [2.05, 4.69) is 21.9 Å². The number of nitrogen functional groups attached to an aromatic ring is 1. The molecule has 1 aliphatic heterocycles. The molecule has 1 unspecified atom stereocenters. The first-order chi connectivity index (χ1) is 9.63. The fourth-order valence-corrected chi connectivity index (χ4v) is 2.50. The van der Waals surface area contributed by atoms with Crippen LogP contribution in [0.3, 0.4) is 0 Å². The lowest BCUT2D eigenvalue weighted by Gasteiger charge is -2.35. The van der Waals surface area contributed by atoms with Crippen molar-refractivity contribution in [2.45, 2.75) is 13.0 Å². The molecule has 1 aliphatic rings. The van der Waals surface area contributed by atoms with E-state index in [0.29, 0.717) is 11.9 Å². The average Bonchev–Trinajstić information content (AvgIpc) is 2.85. The summed E-state index contributed by atoms with van der Waals surface area (Å²) in [5.41, 5.74) is 8.67. The maximum Gasteiger partial charge on any atom is 0.126 e. The van der Waals surface area contributed by atoms with Gasteiger partial charge in [-0.2, -0.15) is 5.10 Å². The van der Waals surface area contributed by atoms with Gasteiger partial charge in [0.1, 0.15) is 11.5 Å². The zero-order valence-electron chi connectivity index (χ0n) is 11.8. The number of aromatic nitrogens is 3. The van der Waals surface area contributed by atoms with Gasteiger partial charge < -0.3 is 15.4 Å². The van der Waals surface area contributed by atoms with Gasteiger partial charge in [-0.1, -0.05) is 0 Å². The van der Waals surface area contributed by atoms with Crippen LogP contribution in [-0.2, 0) is 11.8 Å². The minimum Gasteiger partial charge on any atom is -0.384 e. The molecule has 20 heavy (non-hydrogen) atoms. The van der Waals surface area contributed by atoms with Gasteiger partial charge in [-0.05, 0) is 19.1 Å². The third-order valence-corrected chi connectivity index (χ3v) is 3.51. The number of hydrogen-bond donors (Lipinski definition) is 1. The van der Waals surface area contributed by atoms with E-state index in [4.69, 9.17) is 10.5 Å². The molecular weight excluding hydrogens is 254 g/mol. The highest BCUT2D eigenvalue weighted by atomic mass is 16.5. The maximum atomic E-state index is 5.95. The second-order valence-electron chi connectivity index (χ2n) is 5.13. The molecule has 0 radical (unpaired) electrons. The highest BCUT2D eigenvalue weighted by Crippen LogP contribution is 2.26. The van der Waals surface area contributed by atoms with Crippen LogP contribution in [0.1, 0.15) is 6.92 Å². The summed E-state index contributed by atoms with van der Waals surface area (Å²) in [5.74, 6) is 0.516. The van der Waals surface area contributed by atoms with Crippen molar-refractivity contribution in [3.05, 3.63) is 24.4 Å². The zero-order valence-corrected chi connectivity index (χ0v) is 11.8. The van der Waals surface area contributed by atoms with Crippen molar-refractivity contribution in [2.75, 3.05) is 30.4 Å². The largest absolute Gasteiger partial charge is 0.384 e. The van der Waals surface area contributed by atoms with Crippen LogP contribution >= 0.6 is 0 Å². The van der Waals surface area contributed by atoms with Crippen LogP contribution in [0, 0.1) is 0 Å². The molecule has 0 aromatic carbocycles. The number of pyridine rings is 1. The number of morpholine rings is 1. The Kier molecular flexibility index (Phi) is 3.31. The van der Waals surface area contributed by atoms with Crippen LogP contribution in [0.5, 0.6) is 0 Å². The zero-order chi connectivity index (χ0) is 14.1. The van der Waals surface area contributed by atoms with Crippen molar-refractivity contribution in [3.8, 4) is 11.4 Å². The van der Waals surface area contributed by atoms with E-state index in [1.807, 2.05) is 31.4 Å². The van der Waals surface area contributed by atoms with Crippen molar-refractivity contribution in [3.63, 3.8) is 0 Å². The Morgan fingerprint density at radius 3 is 2.90 bits per heavy atom. The van der Waals surface area contributed by atoms with Crippen LogP contribution in [0.25, 0.3) is 11.4 Å². The Morgan fingerprint density at radius 2 is 2.20 bits per heavy atom. The summed E-state index contributed by atoms with van der Waals surface area (Å²) in [6.45, 7) is 4.50. The number of hydrogen-bond acceptors (Lipinski definition) is 5. The molecule has 0 bridgehead atoms. The van der Waals surface area contributed by atoms with Gasteiger partial charge in [0, 0.05) is 37.6 Å². The molecule has 0 aliphatic carbocycles. The molecule has 1 atom stereocenters. The van der Waals surface area contributed by atoms with Gasteiger partial charge in [0.15, 0.2) is 0 Å². The van der Waals surface area contributed by atoms with Gasteiger partial charge >= 0.3 is 0 Å². The van der Waals surface area contributed by atoms with E-state index >= 15 is 0 Å². The molecule has 3 rings (SSSR count). The Bertz CT molecular complexity index is 609. The van der Waals surface area contributed by atoms with Crippen LogP contribution < -0.4 is 10.6 Å². The van der Waals surface area contributed by atoms with Crippen molar-refractivity contribution in [1.29, 1.82) is 0 Å². The van der Waals surface area contributed by atoms with Crippen LogP contribution in [0.15, 0.2) is 24.4 Å². The monoisotopic (exact) mass is 273 g/mol. The molecule has 2 aromatic rings. The molecule has 6 heteroatoms. The summed E-state index contributed by atoms with van der Waals surface area (Å²) in [7, 11) is 1.89. The molecule has 0 spiro atoms. The Morgan fingerprint density at radius 1 is 1.35 bits per heavy atom. The minimum atomic E-state index is 0.335. The van der Waals surface area contributed by atoms with Crippen molar-refractivity contribution in [1.82, 2.24) is 14.8 Å². The molecule has 0 amide bonds. The van der Waals surface area contributed by atoms with E-state index in [1.54, 1.807) is 4.68 Å². The van der Waals surface area contributed by atoms with Crippen molar-refractivity contribution in [2.24, 2.45) is 7.05 Å². The smallest absolute Gasteiger partial charge is 0.126 e. The standard InChI is InChI=1S/C14H19N5O/c1-10-9-20-6-5-19(10)11-7-13(16-14(15)8-11)12-3-4-18(2)17-12/h3-4,7-8,10H,5-6,9H2,1-2H3,(H2,15,16). The fraction of sp³-hybridized carbons (Fsp3) is 0.429.